The number of benzene rings is 2. The van der Waals surface area contributed by atoms with Crippen LogP contribution in [0.15, 0.2) is 47.4 Å². The van der Waals surface area contributed by atoms with Gasteiger partial charge in [-0.15, -0.1) is 11.3 Å². The van der Waals surface area contributed by atoms with E-state index in [0.717, 1.165) is 16.0 Å². The topological polar surface area (TPSA) is 84.9 Å². The summed E-state index contributed by atoms with van der Waals surface area (Å²) in [6.07, 6.45) is 0.664. The van der Waals surface area contributed by atoms with Gasteiger partial charge in [0.15, 0.2) is 0 Å². The highest BCUT2D eigenvalue weighted by Crippen LogP contribution is 2.35. The molecular weight excluding hydrogens is 539 g/mol. The molecule has 0 saturated heterocycles. The zero-order valence-electron chi connectivity index (χ0n) is 20.9. The van der Waals surface area contributed by atoms with Crippen molar-refractivity contribution < 1.29 is 27.1 Å². The number of nitrogens with zero attached hydrogens (tertiary/aromatic N) is 1. The van der Waals surface area contributed by atoms with E-state index >= 15 is 0 Å². The first-order valence-corrected chi connectivity index (χ1v) is 14.3. The maximum atomic E-state index is 15.0. The third-order valence-corrected chi connectivity index (χ3v) is 8.48. The zero-order chi connectivity index (χ0) is 27.0. The molecule has 7 nitrogen and oxygen atoms in total. The van der Waals surface area contributed by atoms with Gasteiger partial charge in [0.25, 0.3) is 10.0 Å². The molecular formula is C26H28ClFN2O5S2. The molecule has 0 saturated carbocycles. The summed E-state index contributed by atoms with van der Waals surface area (Å²) in [5.41, 5.74) is 1.94. The molecule has 0 fully saturated rings. The van der Waals surface area contributed by atoms with E-state index in [1.54, 1.807) is 35.2 Å². The average Bonchev–Trinajstić information content (AvgIpc) is 3.13. The zero-order valence-corrected chi connectivity index (χ0v) is 23.3. The fraction of sp³-hybridized carbons (Fsp3) is 0.346. The molecule has 37 heavy (non-hydrogen) atoms. The van der Waals surface area contributed by atoms with Gasteiger partial charge in [-0.3, -0.25) is 4.72 Å². The van der Waals surface area contributed by atoms with E-state index in [2.05, 4.69) is 4.72 Å². The van der Waals surface area contributed by atoms with Crippen molar-refractivity contribution in [2.45, 2.75) is 44.1 Å². The van der Waals surface area contributed by atoms with Crippen LogP contribution in [-0.2, 0) is 27.6 Å². The first-order valence-electron chi connectivity index (χ1n) is 11.6. The van der Waals surface area contributed by atoms with Gasteiger partial charge in [0.05, 0.1) is 17.1 Å². The highest BCUT2D eigenvalue weighted by molar-refractivity contribution is 7.92. The van der Waals surface area contributed by atoms with Gasteiger partial charge in [0.2, 0.25) is 0 Å². The Hall–Kier alpha value is -2.82. The number of nitrogens with one attached hydrogen (secondary N) is 1. The van der Waals surface area contributed by atoms with Crippen LogP contribution in [0.3, 0.4) is 0 Å². The van der Waals surface area contributed by atoms with Crippen LogP contribution in [0.1, 0.15) is 31.9 Å². The minimum atomic E-state index is -4.26. The molecule has 0 spiro atoms. The fourth-order valence-electron chi connectivity index (χ4n) is 4.05. The molecule has 1 N–H and O–H groups in total. The predicted octanol–water partition coefficient (Wildman–Crippen LogP) is 6.35. The first-order chi connectivity index (χ1) is 17.4. The van der Waals surface area contributed by atoms with Crippen molar-refractivity contribution in [3.05, 3.63) is 63.7 Å². The third kappa shape index (κ3) is 6.37. The number of methoxy groups -OCH3 is 1. The Morgan fingerprint density at radius 2 is 1.76 bits per heavy atom. The highest BCUT2D eigenvalue weighted by atomic mass is 35.5. The van der Waals surface area contributed by atoms with E-state index in [-0.39, 0.29) is 5.69 Å². The normalized spacial score (nSPS) is 14.1. The van der Waals surface area contributed by atoms with Crippen LogP contribution in [0.25, 0.3) is 10.4 Å². The monoisotopic (exact) mass is 566 g/mol. The van der Waals surface area contributed by atoms with Gasteiger partial charge in [0, 0.05) is 18.0 Å². The van der Waals surface area contributed by atoms with Gasteiger partial charge in [-0.1, -0.05) is 17.7 Å². The molecule has 1 amide bonds. The van der Waals surface area contributed by atoms with Crippen LogP contribution >= 0.6 is 22.9 Å². The van der Waals surface area contributed by atoms with Crippen LogP contribution in [0.5, 0.6) is 5.75 Å². The van der Waals surface area contributed by atoms with E-state index in [1.807, 2.05) is 20.8 Å². The molecule has 1 aliphatic rings. The van der Waals surface area contributed by atoms with Gasteiger partial charge in [-0.05, 0) is 86.7 Å². The Morgan fingerprint density at radius 1 is 1.08 bits per heavy atom. The summed E-state index contributed by atoms with van der Waals surface area (Å²) in [6, 6.07) is 10.8. The van der Waals surface area contributed by atoms with Crippen LogP contribution in [0, 0.1) is 5.82 Å². The number of hydrogen-bond acceptors (Lipinski definition) is 6. The van der Waals surface area contributed by atoms with E-state index in [9.17, 15) is 17.6 Å². The van der Waals surface area contributed by atoms with Crippen molar-refractivity contribution in [1.29, 1.82) is 0 Å². The van der Waals surface area contributed by atoms with Crippen molar-refractivity contribution >= 4 is 44.7 Å². The summed E-state index contributed by atoms with van der Waals surface area (Å²) in [6.45, 7) is 6.32. The van der Waals surface area contributed by atoms with Crippen molar-refractivity contribution in [2.75, 3.05) is 24.9 Å². The molecule has 0 unspecified atom stereocenters. The summed E-state index contributed by atoms with van der Waals surface area (Å²) in [4.78, 5) is 14.4. The van der Waals surface area contributed by atoms with E-state index in [0.29, 0.717) is 41.6 Å². The van der Waals surface area contributed by atoms with E-state index < -0.39 is 32.4 Å². The minimum absolute atomic E-state index is 0.195. The molecule has 0 bridgehead atoms. The summed E-state index contributed by atoms with van der Waals surface area (Å²) in [5, 5.41) is 0. The number of carbonyl (C=O) groups excluding carboxylic acids is 1. The van der Waals surface area contributed by atoms with Crippen LogP contribution < -0.4 is 9.46 Å². The molecule has 2 heterocycles. The van der Waals surface area contributed by atoms with Gasteiger partial charge in [0.1, 0.15) is 22.1 Å². The van der Waals surface area contributed by atoms with E-state index in [4.69, 9.17) is 21.1 Å². The molecule has 1 aliphatic heterocycles. The summed E-state index contributed by atoms with van der Waals surface area (Å²) < 4.78 is 55.2. The molecule has 0 aliphatic carbocycles. The number of halogens is 2. The van der Waals surface area contributed by atoms with Gasteiger partial charge >= 0.3 is 6.09 Å². The van der Waals surface area contributed by atoms with Crippen molar-refractivity contribution in [3.8, 4) is 16.2 Å². The van der Waals surface area contributed by atoms with Crippen LogP contribution in [-0.4, -0.2) is 45.2 Å². The number of carbonyl (C=O) groups is 1. The number of sulfonamides is 1. The summed E-state index contributed by atoms with van der Waals surface area (Å²) >= 11 is 7.24. The van der Waals surface area contributed by atoms with Crippen molar-refractivity contribution in [3.63, 3.8) is 0 Å². The number of amides is 1. The summed E-state index contributed by atoms with van der Waals surface area (Å²) in [7, 11) is -2.83. The predicted molar refractivity (Wildman–Crippen MR) is 144 cm³/mol. The maximum absolute atomic E-state index is 15.0. The van der Waals surface area contributed by atoms with Gasteiger partial charge in [-0.2, -0.15) is 0 Å². The quantitative estimate of drug-likeness (QED) is 0.389. The molecule has 1 aromatic heterocycles. The van der Waals surface area contributed by atoms with Crippen LogP contribution in [0.4, 0.5) is 14.9 Å². The maximum Gasteiger partial charge on any atom is 0.410 e. The second kappa shape index (κ2) is 10.5. The largest absolute Gasteiger partial charge is 0.495 e. The van der Waals surface area contributed by atoms with Gasteiger partial charge < -0.3 is 14.4 Å². The first kappa shape index (κ1) is 27.2. The Balaban J connectivity index is 1.57. The fourth-order valence-corrected chi connectivity index (χ4v) is 6.21. The Kier molecular flexibility index (Phi) is 7.73. The number of thiophene rings is 1. The Morgan fingerprint density at radius 3 is 2.32 bits per heavy atom. The molecule has 0 atom stereocenters. The number of hydrogen-bond donors (Lipinski definition) is 1. The lowest BCUT2D eigenvalue weighted by atomic mass is 10.0. The smallest absolute Gasteiger partial charge is 0.410 e. The third-order valence-electron chi connectivity index (χ3n) is 5.80. The molecule has 4 rings (SSSR count). The molecule has 0 radical (unpaired) electrons. The minimum Gasteiger partial charge on any atom is -0.495 e. The summed E-state index contributed by atoms with van der Waals surface area (Å²) in [5.74, 6) is -0.574. The molecule has 11 heteroatoms. The highest BCUT2D eigenvalue weighted by Gasteiger charge is 2.26. The standard InChI is InChI=1S/C26H28ClFN2O5S2/c1-26(2,3)35-25(31)30-11-9-16-14-20(21(34-4)15-17(16)10-12-30)29-37(32,33)23-7-5-18(13-19(23)28)22-6-8-24(27)36-22/h5-8,13-15,29H,9-12H2,1-4H3. The number of ether oxygens (including phenoxy) is 2. The van der Waals surface area contributed by atoms with Crippen LogP contribution in [0.2, 0.25) is 4.34 Å². The average molecular weight is 567 g/mol. The number of fused-ring (bicyclic) bond motifs is 1. The Bertz CT molecular complexity index is 1430. The Labute approximate surface area is 225 Å². The van der Waals surface area contributed by atoms with Crippen molar-refractivity contribution in [1.82, 2.24) is 4.90 Å². The second-order valence-corrected chi connectivity index (χ2v) is 13.0. The van der Waals surface area contributed by atoms with Crippen molar-refractivity contribution in [2.24, 2.45) is 0 Å². The lowest BCUT2D eigenvalue weighted by molar-refractivity contribution is 0.0258. The number of anilines is 1. The lowest BCUT2D eigenvalue weighted by Gasteiger charge is -2.26. The van der Waals surface area contributed by atoms with E-state index in [1.165, 1.54) is 30.6 Å². The second-order valence-electron chi connectivity index (χ2n) is 9.64. The molecule has 3 aromatic rings. The number of rotatable bonds is 5. The SMILES string of the molecule is COc1cc2c(cc1NS(=O)(=O)c1ccc(-c3ccc(Cl)s3)cc1F)CCN(C(=O)OC(C)(C)C)CC2. The molecule has 198 valence electrons. The molecule has 2 aromatic carbocycles. The van der Waals surface area contributed by atoms with Gasteiger partial charge in [-0.25, -0.2) is 17.6 Å². The lowest BCUT2D eigenvalue weighted by Crippen LogP contribution is -2.38.